The SMILES string of the molecule is CNS(=O)(=O)c1cc(N2CCN3CCC2CC3)ccc1C. The molecule has 3 aliphatic rings. The van der Waals surface area contributed by atoms with Crippen LogP contribution in [0.15, 0.2) is 23.1 Å². The Balaban J connectivity index is 1.97. The quantitative estimate of drug-likeness (QED) is 0.911. The largest absolute Gasteiger partial charge is 0.367 e. The maximum absolute atomic E-state index is 12.1. The van der Waals surface area contributed by atoms with Crippen LogP contribution < -0.4 is 9.62 Å². The van der Waals surface area contributed by atoms with Gasteiger partial charge in [-0.2, -0.15) is 0 Å². The Morgan fingerprint density at radius 3 is 2.52 bits per heavy atom. The summed E-state index contributed by atoms with van der Waals surface area (Å²) in [5.74, 6) is 0. The first-order valence-electron chi connectivity index (χ1n) is 7.54. The van der Waals surface area contributed by atoms with Crippen molar-refractivity contribution in [2.45, 2.75) is 30.7 Å². The van der Waals surface area contributed by atoms with Crippen LogP contribution in [0, 0.1) is 6.92 Å². The molecule has 0 spiro atoms. The van der Waals surface area contributed by atoms with E-state index in [4.69, 9.17) is 0 Å². The Labute approximate surface area is 127 Å². The molecule has 4 rings (SSSR count). The van der Waals surface area contributed by atoms with E-state index >= 15 is 0 Å². The fourth-order valence-electron chi connectivity index (χ4n) is 3.39. The predicted octanol–water partition coefficient (Wildman–Crippen LogP) is 1.19. The van der Waals surface area contributed by atoms with Gasteiger partial charge in [0.25, 0.3) is 0 Å². The fourth-order valence-corrected chi connectivity index (χ4v) is 4.38. The minimum absolute atomic E-state index is 0.390. The number of hydrogen-bond donors (Lipinski definition) is 1. The lowest BCUT2D eigenvalue weighted by molar-refractivity contribution is 0.250. The topological polar surface area (TPSA) is 52.7 Å². The van der Waals surface area contributed by atoms with Gasteiger partial charge in [0.15, 0.2) is 0 Å². The highest BCUT2D eigenvalue weighted by Crippen LogP contribution is 2.29. The van der Waals surface area contributed by atoms with Crippen LogP contribution in [-0.4, -0.2) is 52.6 Å². The van der Waals surface area contributed by atoms with Crippen molar-refractivity contribution in [3.63, 3.8) is 0 Å². The highest BCUT2D eigenvalue weighted by molar-refractivity contribution is 7.89. The second-order valence-electron chi connectivity index (χ2n) is 5.92. The zero-order valence-electron chi connectivity index (χ0n) is 12.7. The molecule has 0 unspecified atom stereocenters. The molecular formula is C15H23N3O2S. The van der Waals surface area contributed by atoms with Crippen LogP contribution in [0.25, 0.3) is 0 Å². The Morgan fingerprint density at radius 2 is 1.86 bits per heavy atom. The van der Waals surface area contributed by atoms with Gasteiger partial charge >= 0.3 is 0 Å². The van der Waals surface area contributed by atoms with Gasteiger partial charge in [0.1, 0.15) is 0 Å². The minimum Gasteiger partial charge on any atom is -0.367 e. The standard InChI is InChI=1S/C15H23N3O2S/c1-12-3-4-14(11-15(12)21(19,20)16-2)18-10-9-17-7-5-13(18)6-8-17/h3-4,11,13,16H,5-10H2,1-2H3. The molecule has 1 N–H and O–H groups in total. The lowest BCUT2D eigenvalue weighted by atomic mass is 10.0. The van der Waals surface area contributed by atoms with Gasteiger partial charge in [-0.1, -0.05) is 6.07 Å². The van der Waals surface area contributed by atoms with Gasteiger partial charge in [-0.25, -0.2) is 13.1 Å². The zero-order chi connectivity index (χ0) is 15.0. The van der Waals surface area contributed by atoms with E-state index in [0.717, 1.165) is 37.4 Å². The summed E-state index contributed by atoms with van der Waals surface area (Å²) in [5, 5.41) is 0. The van der Waals surface area contributed by atoms with Gasteiger partial charge in [0.2, 0.25) is 10.0 Å². The molecule has 6 heteroatoms. The van der Waals surface area contributed by atoms with Gasteiger partial charge < -0.3 is 9.80 Å². The van der Waals surface area contributed by atoms with Crippen molar-refractivity contribution in [2.75, 3.05) is 38.1 Å². The Bertz CT molecular complexity index is 622. The van der Waals surface area contributed by atoms with Crippen LogP contribution in [0.3, 0.4) is 0 Å². The number of fused-ring (bicyclic) bond motifs is 4. The summed E-state index contributed by atoms with van der Waals surface area (Å²) in [6.07, 6.45) is 2.34. The van der Waals surface area contributed by atoms with Crippen molar-refractivity contribution in [3.05, 3.63) is 23.8 Å². The third-order valence-corrected chi connectivity index (χ3v) is 6.27. The van der Waals surface area contributed by atoms with Crippen LogP contribution in [0.1, 0.15) is 18.4 Å². The van der Waals surface area contributed by atoms with Crippen molar-refractivity contribution >= 4 is 15.7 Å². The summed E-state index contributed by atoms with van der Waals surface area (Å²) >= 11 is 0. The van der Waals surface area contributed by atoms with Gasteiger partial charge in [-0.15, -0.1) is 0 Å². The third kappa shape index (κ3) is 2.80. The summed E-state index contributed by atoms with van der Waals surface area (Å²) < 4.78 is 26.7. The van der Waals surface area contributed by atoms with Crippen molar-refractivity contribution in [1.82, 2.24) is 9.62 Å². The summed E-state index contributed by atoms with van der Waals surface area (Å²) in [7, 11) is -1.94. The number of anilines is 1. The molecule has 2 bridgehead atoms. The van der Waals surface area contributed by atoms with E-state index in [0.29, 0.717) is 10.9 Å². The second kappa shape index (κ2) is 5.59. The Hall–Kier alpha value is -1.11. The summed E-state index contributed by atoms with van der Waals surface area (Å²) in [4.78, 5) is 5.28. The van der Waals surface area contributed by atoms with Gasteiger partial charge in [-0.3, -0.25) is 0 Å². The monoisotopic (exact) mass is 309 g/mol. The van der Waals surface area contributed by atoms with Crippen molar-refractivity contribution < 1.29 is 8.42 Å². The molecule has 3 fully saturated rings. The van der Waals surface area contributed by atoms with E-state index < -0.39 is 10.0 Å². The van der Waals surface area contributed by atoms with Crippen LogP contribution >= 0.6 is 0 Å². The number of aryl methyl sites for hydroxylation is 1. The minimum atomic E-state index is -3.40. The van der Waals surface area contributed by atoms with E-state index in [-0.39, 0.29) is 0 Å². The normalized spacial score (nSPS) is 25.9. The number of sulfonamides is 1. The molecule has 0 aromatic heterocycles. The van der Waals surface area contributed by atoms with Crippen LogP contribution in [-0.2, 0) is 10.0 Å². The lowest BCUT2D eigenvalue weighted by Crippen LogP contribution is -2.38. The number of benzene rings is 1. The molecule has 0 aliphatic carbocycles. The average Bonchev–Trinajstić information content (AvgIpc) is 2.81. The van der Waals surface area contributed by atoms with E-state index in [1.54, 1.807) is 0 Å². The van der Waals surface area contributed by atoms with E-state index in [9.17, 15) is 8.42 Å². The Kier molecular flexibility index (Phi) is 3.94. The van der Waals surface area contributed by atoms with E-state index in [2.05, 4.69) is 20.6 Å². The van der Waals surface area contributed by atoms with Gasteiger partial charge in [0.05, 0.1) is 4.90 Å². The van der Waals surface area contributed by atoms with Gasteiger partial charge in [0, 0.05) is 37.9 Å². The first-order chi connectivity index (χ1) is 10.0. The zero-order valence-corrected chi connectivity index (χ0v) is 13.5. The van der Waals surface area contributed by atoms with E-state index in [1.165, 1.54) is 19.9 Å². The molecule has 1 aromatic rings. The number of piperidine rings is 1. The maximum atomic E-state index is 12.1. The first-order valence-corrected chi connectivity index (χ1v) is 9.03. The summed E-state index contributed by atoms with van der Waals surface area (Å²) in [6.45, 7) is 6.21. The lowest BCUT2D eigenvalue weighted by Gasteiger charge is -2.33. The summed E-state index contributed by atoms with van der Waals surface area (Å²) in [6, 6.07) is 6.33. The van der Waals surface area contributed by atoms with Crippen molar-refractivity contribution in [2.24, 2.45) is 0 Å². The number of nitrogens with one attached hydrogen (secondary N) is 1. The van der Waals surface area contributed by atoms with Gasteiger partial charge in [-0.05, 0) is 44.5 Å². The molecular weight excluding hydrogens is 286 g/mol. The summed E-state index contributed by atoms with van der Waals surface area (Å²) in [5.41, 5.74) is 1.82. The second-order valence-corrected chi connectivity index (χ2v) is 7.78. The molecule has 21 heavy (non-hydrogen) atoms. The molecule has 0 radical (unpaired) electrons. The molecule has 3 aliphatic heterocycles. The molecule has 0 saturated carbocycles. The van der Waals surface area contributed by atoms with Crippen molar-refractivity contribution in [1.29, 1.82) is 0 Å². The maximum Gasteiger partial charge on any atom is 0.240 e. The fraction of sp³-hybridized carbons (Fsp3) is 0.600. The number of nitrogens with zero attached hydrogens (tertiary/aromatic N) is 2. The highest BCUT2D eigenvalue weighted by Gasteiger charge is 2.29. The molecule has 116 valence electrons. The third-order valence-electron chi connectivity index (χ3n) is 4.72. The van der Waals surface area contributed by atoms with Crippen LogP contribution in [0.5, 0.6) is 0 Å². The number of hydrogen-bond acceptors (Lipinski definition) is 4. The highest BCUT2D eigenvalue weighted by atomic mass is 32.2. The average molecular weight is 309 g/mol. The molecule has 0 amide bonds. The molecule has 1 aromatic carbocycles. The predicted molar refractivity (Wildman–Crippen MR) is 84.2 cm³/mol. The van der Waals surface area contributed by atoms with E-state index in [1.807, 2.05) is 19.1 Å². The molecule has 0 atom stereocenters. The van der Waals surface area contributed by atoms with Crippen LogP contribution in [0.2, 0.25) is 0 Å². The van der Waals surface area contributed by atoms with Crippen LogP contribution in [0.4, 0.5) is 5.69 Å². The molecule has 3 saturated heterocycles. The Morgan fingerprint density at radius 1 is 1.14 bits per heavy atom. The molecule has 5 nitrogen and oxygen atoms in total. The first kappa shape index (κ1) is 14.8. The smallest absolute Gasteiger partial charge is 0.240 e. The number of rotatable bonds is 3. The van der Waals surface area contributed by atoms with Crippen molar-refractivity contribution in [3.8, 4) is 0 Å². The molecule has 3 heterocycles.